The maximum absolute atomic E-state index is 13.6. The van der Waals surface area contributed by atoms with Gasteiger partial charge in [-0.1, -0.05) is 20.8 Å². The molecule has 0 aliphatic carbocycles. The van der Waals surface area contributed by atoms with Gasteiger partial charge in [-0.15, -0.1) is 0 Å². The van der Waals surface area contributed by atoms with E-state index in [1.807, 2.05) is 13.8 Å². The smallest absolute Gasteiger partial charge is 0.262 e. The molecule has 5 rings (SSSR count). The maximum Gasteiger partial charge on any atom is 0.262 e. The zero-order valence-corrected chi connectivity index (χ0v) is 24.5. The molecule has 41 heavy (non-hydrogen) atoms. The number of aryl methyl sites for hydroxylation is 1. The van der Waals surface area contributed by atoms with Crippen molar-refractivity contribution in [3.05, 3.63) is 58.5 Å². The molecule has 1 aliphatic rings. The summed E-state index contributed by atoms with van der Waals surface area (Å²) in [5.74, 6) is 1.22. The number of rotatable bonds is 11. The maximum atomic E-state index is 13.6. The van der Waals surface area contributed by atoms with Crippen LogP contribution in [0.2, 0.25) is 0 Å². The summed E-state index contributed by atoms with van der Waals surface area (Å²) in [6.45, 7) is 10.2. The molecule has 1 N–H and O–H groups in total. The highest BCUT2D eigenvalue weighted by molar-refractivity contribution is 7.89. The van der Waals surface area contributed by atoms with Crippen LogP contribution in [0.25, 0.3) is 22.4 Å². The fraction of sp³-hybridized carbons (Fsp3) is 0.464. The highest BCUT2D eigenvalue weighted by Gasteiger charge is 2.29. The zero-order valence-electron chi connectivity index (χ0n) is 23.7. The average molecular weight is 581 g/mol. The van der Waals surface area contributed by atoms with E-state index in [1.54, 1.807) is 41.3 Å². The second-order valence-corrected chi connectivity index (χ2v) is 11.9. The van der Waals surface area contributed by atoms with Crippen LogP contribution in [0.15, 0.2) is 46.3 Å². The largest absolute Gasteiger partial charge is 0.493 e. The molecule has 0 bridgehead atoms. The SMILES string of the molecule is CCCOc1ccc(S(=O)(=O)N2CCN(CC)CC2)cc1-c1nc2c(c(Cc3ncccn3)nn2CCC)c(=O)[nH]1. The molecule has 0 spiro atoms. The third-order valence-corrected chi connectivity index (χ3v) is 9.03. The van der Waals surface area contributed by atoms with Crippen molar-refractivity contribution < 1.29 is 13.2 Å². The van der Waals surface area contributed by atoms with Crippen LogP contribution in [-0.2, 0) is 23.0 Å². The van der Waals surface area contributed by atoms with E-state index in [0.29, 0.717) is 73.2 Å². The lowest BCUT2D eigenvalue weighted by Gasteiger charge is -2.33. The number of H-pyrrole nitrogens is 1. The highest BCUT2D eigenvalue weighted by atomic mass is 32.2. The van der Waals surface area contributed by atoms with Gasteiger partial charge in [0.15, 0.2) is 5.65 Å². The first-order chi connectivity index (χ1) is 19.8. The van der Waals surface area contributed by atoms with Gasteiger partial charge in [0.2, 0.25) is 10.0 Å². The molecule has 3 aromatic heterocycles. The minimum atomic E-state index is -3.76. The van der Waals surface area contributed by atoms with Crippen molar-refractivity contribution in [2.75, 3.05) is 39.3 Å². The number of piperazine rings is 1. The van der Waals surface area contributed by atoms with Crippen molar-refractivity contribution in [2.45, 2.75) is 51.5 Å². The molecule has 12 nitrogen and oxygen atoms in total. The standard InChI is InChI=1S/C28H36N8O4S/c1-4-12-36-27-25(22(33-36)19-24-29-10-7-11-30-24)28(37)32-26(31-27)21-18-20(8-9-23(21)40-17-5-2)41(38,39)35-15-13-34(6-3)14-16-35/h7-11,18H,4-6,12-17,19H2,1-3H3,(H,31,32,37). The topological polar surface area (TPSA) is 139 Å². The summed E-state index contributed by atoms with van der Waals surface area (Å²) in [5.41, 5.74) is 0.985. The number of hydrogen-bond acceptors (Lipinski definition) is 9. The lowest BCUT2D eigenvalue weighted by atomic mass is 10.1. The Morgan fingerprint density at radius 3 is 2.46 bits per heavy atom. The number of fused-ring (bicyclic) bond motifs is 1. The van der Waals surface area contributed by atoms with E-state index < -0.39 is 10.0 Å². The number of aromatic nitrogens is 6. The number of likely N-dealkylation sites (N-methyl/N-ethyl adjacent to an activating group) is 1. The Balaban J connectivity index is 1.60. The predicted molar refractivity (Wildman–Crippen MR) is 155 cm³/mol. The number of nitrogens with zero attached hydrogens (tertiary/aromatic N) is 7. The van der Waals surface area contributed by atoms with E-state index >= 15 is 0 Å². The molecule has 4 heterocycles. The Morgan fingerprint density at radius 2 is 1.78 bits per heavy atom. The summed E-state index contributed by atoms with van der Waals surface area (Å²) >= 11 is 0. The van der Waals surface area contributed by atoms with Gasteiger partial charge in [-0.05, 0) is 43.7 Å². The first-order valence-electron chi connectivity index (χ1n) is 14.1. The zero-order chi connectivity index (χ0) is 29.0. The van der Waals surface area contributed by atoms with Gasteiger partial charge in [0.25, 0.3) is 5.56 Å². The minimum Gasteiger partial charge on any atom is -0.493 e. The Hall–Kier alpha value is -3.68. The molecule has 1 aromatic carbocycles. The third kappa shape index (κ3) is 6.02. The second-order valence-electron chi connectivity index (χ2n) is 9.97. The van der Waals surface area contributed by atoms with Crippen molar-refractivity contribution in [3.63, 3.8) is 0 Å². The fourth-order valence-corrected chi connectivity index (χ4v) is 6.42. The van der Waals surface area contributed by atoms with Gasteiger partial charge >= 0.3 is 0 Å². The lowest BCUT2D eigenvalue weighted by Crippen LogP contribution is -2.48. The normalized spacial score (nSPS) is 15.0. The predicted octanol–water partition coefficient (Wildman–Crippen LogP) is 2.69. The van der Waals surface area contributed by atoms with Gasteiger partial charge < -0.3 is 14.6 Å². The van der Waals surface area contributed by atoms with E-state index in [-0.39, 0.29) is 22.7 Å². The van der Waals surface area contributed by atoms with E-state index in [0.717, 1.165) is 19.4 Å². The van der Waals surface area contributed by atoms with Gasteiger partial charge in [0.1, 0.15) is 22.8 Å². The number of aromatic amines is 1. The van der Waals surface area contributed by atoms with Gasteiger partial charge in [-0.2, -0.15) is 9.40 Å². The van der Waals surface area contributed by atoms with Crippen molar-refractivity contribution in [2.24, 2.45) is 0 Å². The first kappa shape index (κ1) is 28.8. The first-order valence-corrected chi connectivity index (χ1v) is 15.5. The van der Waals surface area contributed by atoms with Crippen LogP contribution in [0.4, 0.5) is 0 Å². The Labute approximate surface area is 239 Å². The Kier molecular flexibility index (Phi) is 8.76. The van der Waals surface area contributed by atoms with Crippen LogP contribution in [0.3, 0.4) is 0 Å². The van der Waals surface area contributed by atoms with Crippen LogP contribution in [0.1, 0.15) is 45.1 Å². The molecule has 13 heteroatoms. The molecule has 0 atom stereocenters. The van der Waals surface area contributed by atoms with E-state index in [1.165, 1.54) is 4.31 Å². The summed E-state index contributed by atoms with van der Waals surface area (Å²) in [6, 6.07) is 6.49. The summed E-state index contributed by atoms with van der Waals surface area (Å²) in [7, 11) is -3.76. The molecular weight excluding hydrogens is 544 g/mol. The van der Waals surface area contributed by atoms with Gasteiger partial charge in [0, 0.05) is 45.1 Å². The van der Waals surface area contributed by atoms with Crippen LogP contribution in [-0.4, -0.2) is 86.7 Å². The summed E-state index contributed by atoms with van der Waals surface area (Å²) in [5, 5.41) is 5.05. The summed E-state index contributed by atoms with van der Waals surface area (Å²) in [4.78, 5) is 32.2. The molecule has 0 amide bonds. The minimum absolute atomic E-state index is 0.132. The molecule has 1 saturated heterocycles. The van der Waals surface area contributed by atoms with Crippen molar-refractivity contribution in [1.29, 1.82) is 0 Å². The molecule has 1 fully saturated rings. The molecule has 4 aromatic rings. The van der Waals surface area contributed by atoms with Crippen molar-refractivity contribution >= 4 is 21.1 Å². The number of sulfonamides is 1. The number of hydrogen-bond donors (Lipinski definition) is 1. The van der Waals surface area contributed by atoms with Crippen LogP contribution >= 0.6 is 0 Å². The number of nitrogens with one attached hydrogen (secondary N) is 1. The van der Waals surface area contributed by atoms with Crippen LogP contribution < -0.4 is 10.3 Å². The van der Waals surface area contributed by atoms with Gasteiger partial charge in [-0.3, -0.25) is 4.79 Å². The van der Waals surface area contributed by atoms with E-state index in [2.05, 4.69) is 31.9 Å². The molecule has 0 unspecified atom stereocenters. The summed E-state index contributed by atoms with van der Waals surface area (Å²) < 4.78 is 36.5. The van der Waals surface area contributed by atoms with Gasteiger partial charge in [0.05, 0.1) is 29.2 Å². The number of benzene rings is 1. The van der Waals surface area contributed by atoms with Gasteiger partial charge in [-0.25, -0.2) is 28.1 Å². The van der Waals surface area contributed by atoms with Crippen molar-refractivity contribution in [3.8, 4) is 17.1 Å². The van der Waals surface area contributed by atoms with E-state index in [9.17, 15) is 13.2 Å². The Morgan fingerprint density at radius 1 is 1.02 bits per heavy atom. The Bertz CT molecular complexity index is 1660. The average Bonchev–Trinajstić information content (AvgIpc) is 3.33. The lowest BCUT2D eigenvalue weighted by molar-refractivity contribution is 0.196. The fourth-order valence-electron chi connectivity index (χ4n) is 4.97. The van der Waals surface area contributed by atoms with Crippen LogP contribution in [0.5, 0.6) is 5.75 Å². The molecule has 218 valence electrons. The number of ether oxygens (including phenoxy) is 1. The molecule has 1 aliphatic heterocycles. The van der Waals surface area contributed by atoms with Crippen LogP contribution in [0, 0.1) is 0 Å². The summed E-state index contributed by atoms with van der Waals surface area (Å²) in [6.07, 6.45) is 5.12. The molecule has 0 radical (unpaired) electrons. The third-order valence-electron chi connectivity index (χ3n) is 7.14. The molecule has 0 saturated carbocycles. The highest BCUT2D eigenvalue weighted by Crippen LogP contribution is 2.32. The van der Waals surface area contributed by atoms with Crippen molar-refractivity contribution in [1.82, 2.24) is 38.9 Å². The monoisotopic (exact) mass is 580 g/mol. The second kappa shape index (κ2) is 12.5. The van der Waals surface area contributed by atoms with E-state index in [4.69, 9.17) is 9.72 Å². The quantitative estimate of drug-likeness (QED) is 0.284. The molecular formula is C28H36N8O4S.